The maximum Gasteiger partial charge on any atom is 0.332 e. The quantitative estimate of drug-likeness (QED) is 0.170. The Labute approximate surface area is 217 Å². The lowest BCUT2D eigenvalue weighted by Gasteiger charge is -2.19. The fourth-order valence-corrected chi connectivity index (χ4v) is 4.73. The normalized spacial score (nSPS) is 11.4. The van der Waals surface area contributed by atoms with E-state index >= 15 is 0 Å². The lowest BCUT2D eigenvalue weighted by atomic mass is 10.0. The molecule has 0 fully saturated rings. The molecule has 0 aliphatic rings. The van der Waals surface area contributed by atoms with Crippen LogP contribution in [0.15, 0.2) is 78.3 Å². The zero-order valence-electron chi connectivity index (χ0n) is 21.1. The predicted octanol–water partition coefficient (Wildman–Crippen LogP) is 7.22. The Morgan fingerprint density at radius 2 is 1.56 bits per heavy atom. The number of benzene rings is 2. The summed E-state index contributed by atoms with van der Waals surface area (Å²) in [6.07, 6.45) is 4.70. The van der Waals surface area contributed by atoms with Crippen LogP contribution >= 0.6 is 11.3 Å². The van der Waals surface area contributed by atoms with Gasteiger partial charge in [0.25, 0.3) is 0 Å². The number of esters is 1. The molecule has 2 heterocycles. The predicted molar refractivity (Wildman–Crippen MR) is 146 cm³/mol. The van der Waals surface area contributed by atoms with Crippen molar-refractivity contribution in [2.24, 2.45) is 0 Å². The van der Waals surface area contributed by atoms with Crippen LogP contribution in [0.25, 0.3) is 33.8 Å². The van der Waals surface area contributed by atoms with Gasteiger partial charge in [-0.1, -0.05) is 60.7 Å². The largest absolute Gasteiger partial charge is 0.458 e. The van der Waals surface area contributed by atoms with Crippen LogP contribution in [0.4, 0.5) is 0 Å². The number of carbonyl (C=O) groups excluding carboxylic acids is 1. The number of thiophene rings is 1. The minimum atomic E-state index is -0.481. The first kappa shape index (κ1) is 25.7. The third kappa shape index (κ3) is 7.33. The molecule has 186 valence electrons. The highest BCUT2D eigenvalue weighted by Gasteiger charge is 2.16. The summed E-state index contributed by atoms with van der Waals surface area (Å²) in [5, 5.41) is 2.15. The van der Waals surface area contributed by atoms with Crippen molar-refractivity contribution in [1.29, 1.82) is 0 Å². The Bertz CT molecular complexity index is 1260. The first-order chi connectivity index (χ1) is 17.4. The van der Waals surface area contributed by atoms with E-state index in [1.807, 2.05) is 63.4 Å². The maximum absolute atomic E-state index is 11.7. The van der Waals surface area contributed by atoms with Crippen molar-refractivity contribution < 1.29 is 14.3 Å². The summed E-state index contributed by atoms with van der Waals surface area (Å²) in [4.78, 5) is 22.9. The van der Waals surface area contributed by atoms with Gasteiger partial charge in [-0.05, 0) is 46.1 Å². The summed E-state index contributed by atoms with van der Waals surface area (Å²) in [5.41, 5.74) is 5.34. The van der Waals surface area contributed by atoms with Crippen LogP contribution in [-0.4, -0.2) is 34.8 Å². The molecule has 0 saturated carbocycles. The van der Waals surface area contributed by atoms with Gasteiger partial charge in [-0.25, -0.2) is 9.78 Å². The average Bonchev–Trinajstić information content (AvgIpc) is 3.35. The topological polar surface area (TPSA) is 61.3 Å². The van der Waals surface area contributed by atoms with Crippen LogP contribution in [0, 0.1) is 0 Å². The third-order valence-corrected chi connectivity index (χ3v) is 6.41. The molecule has 0 N–H and O–H groups in total. The molecule has 0 atom stereocenters. The number of unbranched alkanes of at least 4 members (excludes halogenated alkanes) is 1. The van der Waals surface area contributed by atoms with E-state index in [4.69, 9.17) is 19.4 Å². The second-order valence-corrected chi connectivity index (χ2v) is 10.6. The average molecular weight is 501 g/mol. The minimum absolute atomic E-state index is 0.00180. The van der Waals surface area contributed by atoms with E-state index in [0.29, 0.717) is 6.61 Å². The van der Waals surface area contributed by atoms with Crippen molar-refractivity contribution in [3.63, 3.8) is 0 Å². The van der Waals surface area contributed by atoms with Gasteiger partial charge in [0.15, 0.2) is 0 Å². The highest BCUT2D eigenvalue weighted by molar-refractivity contribution is 7.10. The number of aryl methyl sites for hydroxylation is 1. The summed E-state index contributed by atoms with van der Waals surface area (Å²) in [6, 6.07) is 22.6. The SMILES string of the molecule is CC(C)(C)OC(=O)COCCCCc1cc(-c2cnc(-c3ccccc3)c(-c3ccccc3)n2)cs1. The number of aromatic nitrogens is 2. The van der Waals surface area contributed by atoms with Crippen molar-refractivity contribution in [2.45, 2.75) is 45.6 Å². The molecule has 0 radical (unpaired) electrons. The van der Waals surface area contributed by atoms with Crippen LogP contribution in [0.5, 0.6) is 0 Å². The summed E-state index contributed by atoms with van der Waals surface area (Å²) < 4.78 is 10.7. The lowest BCUT2D eigenvalue weighted by Crippen LogP contribution is -2.26. The van der Waals surface area contributed by atoms with E-state index in [-0.39, 0.29) is 12.6 Å². The van der Waals surface area contributed by atoms with Crippen molar-refractivity contribution in [2.75, 3.05) is 13.2 Å². The highest BCUT2D eigenvalue weighted by atomic mass is 32.1. The van der Waals surface area contributed by atoms with Gasteiger partial charge in [-0.15, -0.1) is 11.3 Å². The van der Waals surface area contributed by atoms with E-state index in [9.17, 15) is 4.79 Å². The first-order valence-electron chi connectivity index (χ1n) is 12.2. The van der Waals surface area contributed by atoms with Crippen LogP contribution < -0.4 is 0 Å². The number of hydrogen-bond donors (Lipinski definition) is 0. The summed E-state index contributed by atoms with van der Waals surface area (Å²) in [6.45, 7) is 6.11. The molecule has 0 unspecified atom stereocenters. The molecule has 0 saturated heterocycles. The molecule has 0 aliphatic carbocycles. The standard InChI is InChI=1S/C30H32N2O3S/c1-30(2,3)35-27(33)20-34-17-11-10-16-25-18-24(21-36-25)26-19-31-28(22-12-6-4-7-13-22)29(32-26)23-14-8-5-9-15-23/h4-9,12-15,18-19,21H,10-11,16-17,20H2,1-3H3. The summed E-state index contributed by atoms with van der Waals surface area (Å²) >= 11 is 1.74. The van der Waals surface area contributed by atoms with Crippen LogP contribution in [0.2, 0.25) is 0 Å². The van der Waals surface area contributed by atoms with E-state index in [1.54, 1.807) is 11.3 Å². The van der Waals surface area contributed by atoms with Crippen LogP contribution in [-0.2, 0) is 20.7 Å². The molecular weight excluding hydrogens is 468 g/mol. The van der Waals surface area contributed by atoms with Gasteiger partial charge in [-0.3, -0.25) is 4.98 Å². The summed E-state index contributed by atoms with van der Waals surface area (Å²) in [5.74, 6) is -0.320. The molecule has 36 heavy (non-hydrogen) atoms. The minimum Gasteiger partial charge on any atom is -0.458 e. The van der Waals surface area contributed by atoms with Crippen molar-refractivity contribution >= 4 is 17.3 Å². The van der Waals surface area contributed by atoms with Gasteiger partial charge in [0.05, 0.1) is 23.3 Å². The van der Waals surface area contributed by atoms with Gasteiger partial charge in [0.2, 0.25) is 0 Å². The van der Waals surface area contributed by atoms with Gasteiger partial charge >= 0.3 is 5.97 Å². The molecule has 2 aromatic carbocycles. The fourth-order valence-electron chi connectivity index (χ4n) is 3.81. The molecule has 5 nitrogen and oxygen atoms in total. The Morgan fingerprint density at radius 3 is 2.22 bits per heavy atom. The molecular formula is C30H32N2O3S. The number of rotatable bonds is 10. The fraction of sp³-hybridized carbons (Fsp3) is 0.300. The Kier molecular flexibility index (Phi) is 8.62. The van der Waals surface area contributed by atoms with Crippen molar-refractivity contribution in [1.82, 2.24) is 9.97 Å². The molecule has 4 rings (SSSR count). The maximum atomic E-state index is 11.7. The van der Waals surface area contributed by atoms with Crippen molar-refractivity contribution in [3.05, 3.63) is 83.2 Å². The van der Waals surface area contributed by atoms with Gasteiger partial charge in [-0.2, -0.15) is 0 Å². The van der Waals surface area contributed by atoms with Crippen LogP contribution in [0.3, 0.4) is 0 Å². The van der Waals surface area contributed by atoms with E-state index in [2.05, 4.69) is 35.7 Å². The highest BCUT2D eigenvalue weighted by Crippen LogP contribution is 2.32. The van der Waals surface area contributed by atoms with Gasteiger partial charge < -0.3 is 9.47 Å². The molecule has 0 bridgehead atoms. The number of ether oxygens (including phenoxy) is 2. The smallest absolute Gasteiger partial charge is 0.332 e. The van der Waals surface area contributed by atoms with E-state index in [0.717, 1.165) is 53.0 Å². The Hall–Kier alpha value is -3.35. The van der Waals surface area contributed by atoms with E-state index < -0.39 is 5.60 Å². The number of carbonyl (C=O) groups is 1. The number of nitrogens with zero attached hydrogens (tertiary/aromatic N) is 2. The monoisotopic (exact) mass is 500 g/mol. The first-order valence-corrected chi connectivity index (χ1v) is 13.1. The second-order valence-electron chi connectivity index (χ2n) is 9.58. The second kappa shape index (κ2) is 12.1. The molecule has 4 aromatic rings. The van der Waals surface area contributed by atoms with Crippen molar-refractivity contribution in [3.8, 4) is 33.8 Å². The lowest BCUT2D eigenvalue weighted by molar-refractivity contribution is -0.160. The molecule has 0 amide bonds. The third-order valence-electron chi connectivity index (χ3n) is 5.42. The molecule has 6 heteroatoms. The molecule has 2 aromatic heterocycles. The molecule has 0 aliphatic heterocycles. The molecule has 0 spiro atoms. The summed E-state index contributed by atoms with van der Waals surface area (Å²) in [7, 11) is 0. The Morgan fingerprint density at radius 1 is 0.889 bits per heavy atom. The van der Waals surface area contributed by atoms with Crippen LogP contribution in [0.1, 0.15) is 38.5 Å². The zero-order valence-corrected chi connectivity index (χ0v) is 21.9. The Balaban J connectivity index is 1.38. The number of hydrogen-bond acceptors (Lipinski definition) is 6. The van der Waals surface area contributed by atoms with Gasteiger partial charge in [0.1, 0.15) is 12.2 Å². The zero-order chi connectivity index (χ0) is 25.4. The van der Waals surface area contributed by atoms with Gasteiger partial charge in [0, 0.05) is 33.6 Å². The van der Waals surface area contributed by atoms with E-state index in [1.165, 1.54) is 4.88 Å².